The molecule has 0 N–H and O–H groups in total. The summed E-state index contributed by atoms with van der Waals surface area (Å²) in [7, 11) is 0. The fourth-order valence-corrected chi connectivity index (χ4v) is 2.16. The summed E-state index contributed by atoms with van der Waals surface area (Å²) in [5.41, 5.74) is 1.64. The second kappa shape index (κ2) is 6.52. The van der Waals surface area contributed by atoms with Crippen LogP contribution in [-0.4, -0.2) is 27.1 Å². The molecule has 2 aromatic heterocycles. The van der Waals surface area contributed by atoms with Crippen LogP contribution >= 0.6 is 11.6 Å². The predicted octanol–water partition coefficient (Wildman–Crippen LogP) is 2.51. The Morgan fingerprint density at radius 2 is 2.37 bits per heavy atom. The molecule has 0 aliphatic heterocycles. The maximum atomic E-state index is 11.3. The fraction of sp³-hybridized carbons (Fsp3) is 0.462. The molecular formula is C13H16ClN3O2. The molecular weight excluding hydrogens is 266 g/mol. The highest BCUT2D eigenvalue weighted by Gasteiger charge is 2.11. The van der Waals surface area contributed by atoms with Gasteiger partial charge in [-0.05, 0) is 25.5 Å². The Kier molecular flexibility index (Phi) is 4.74. The van der Waals surface area contributed by atoms with Gasteiger partial charge in [0.1, 0.15) is 11.3 Å². The van der Waals surface area contributed by atoms with Crippen molar-refractivity contribution in [3.63, 3.8) is 0 Å². The van der Waals surface area contributed by atoms with Crippen LogP contribution in [0.3, 0.4) is 0 Å². The number of carbonyl (C=O) groups is 1. The quantitative estimate of drug-likeness (QED) is 0.603. The number of rotatable bonds is 6. The number of hydrogen-bond acceptors (Lipinski definition) is 4. The molecule has 0 atom stereocenters. The van der Waals surface area contributed by atoms with Crippen LogP contribution in [0.1, 0.15) is 25.6 Å². The Morgan fingerprint density at radius 3 is 3.11 bits per heavy atom. The molecule has 19 heavy (non-hydrogen) atoms. The molecule has 0 spiro atoms. The molecule has 6 heteroatoms. The first-order chi connectivity index (χ1) is 9.26. The second-order valence-corrected chi connectivity index (χ2v) is 4.34. The van der Waals surface area contributed by atoms with Crippen LogP contribution in [0.2, 0.25) is 0 Å². The van der Waals surface area contributed by atoms with Crippen LogP contribution in [0.25, 0.3) is 11.2 Å². The number of nitrogens with zero attached hydrogens (tertiary/aromatic N) is 3. The molecule has 0 aliphatic rings. The van der Waals surface area contributed by atoms with E-state index in [1.54, 1.807) is 13.1 Å². The molecule has 0 fully saturated rings. The lowest BCUT2D eigenvalue weighted by Crippen LogP contribution is -2.08. The highest BCUT2D eigenvalue weighted by Crippen LogP contribution is 2.16. The van der Waals surface area contributed by atoms with Gasteiger partial charge in [0.25, 0.3) is 0 Å². The van der Waals surface area contributed by atoms with Crippen LogP contribution < -0.4 is 0 Å². The van der Waals surface area contributed by atoms with Gasteiger partial charge in [-0.3, -0.25) is 4.79 Å². The lowest BCUT2D eigenvalue weighted by molar-refractivity contribution is -0.143. The van der Waals surface area contributed by atoms with Crippen molar-refractivity contribution in [1.29, 1.82) is 0 Å². The Balaban J connectivity index is 2.09. The summed E-state index contributed by atoms with van der Waals surface area (Å²) < 4.78 is 6.86. The standard InChI is InChI=1S/C13H16ClN3O2/c1-2-19-12(18)6-4-8-17-11(9-14)16-10-5-3-7-15-13(10)17/h3,5,7H,2,4,6,8-9H2,1H3. The number of aryl methyl sites for hydroxylation is 1. The first kappa shape index (κ1) is 13.8. The van der Waals surface area contributed by atoms with E-state index in [0.29, 0.717) is 31.9 Å². The van der Waals surface area contributed by atoms with E-state index < -0.39 is 0 Å². The van der Waals surface area contributed by atoms with Crippen molar-refractivity contribution in [2.45, 2.75) is 32.2 Å². The van der Waals surface area contributed by atoms with Crippen molar-refractivity contribution in [2.75, 3.05) is 6.61 Å². The van der Waals surface area contributed by atoms with E-state index in [1.807, 2.05) is 16.7 Å². The number of pyridine rings is 1. The second-order valence-electron chi connectivity index (χ2n) is 4.07. The Bertz CT molecular complexity index is 568. The molecule has 2 aromatic rings. The highest BCUT2D eigenvalue weighted by atomic mass is 35.5. The number of ether oxygens (including phenoxy) is 1. The van der Waals surface area contributed by atoms with Crippen molar-refractivity contribution < 1.29 is 9.53 Å². The van der Waals surface area contributed by atoms with Crippen molar-refractivity contribution in [1.82, 2.24) is 14.5 Å². The number of hydrogen-bond donors (Lipinski definition) is 0. The summed E-state index contributed by atoms with van der Waals surface area (Å²) in [4.78, 5) is 20.0. The van der Waals surface area contributed by atoms with E-state index >= 15 is 0 Å². The zero-order valence-electron chi connectivity index (χ0n) is 10.8. The monoisotopic (exact) mass is 281 g/mol. The molecule has 0 bridgehead atoms. The number of carbonyl (C=O) groups excluding carboxylic acids is 1. The average molecular weight is 282 g/mol. The molecule has 5 nitrogen and oxygen atoms in total. The zero-order chi connectivity index (χ0) is 13.7. The first-order valence-electron chi connectivity index (χ1n) is 6.28. The van der Waals surface area contributed by atoms with Gasteiger partial charge in [0.05, 0.1) is 12.5 Å². The van der Waals surface area contributed by atoms with Crippen LogP contribution in [0.5, 0.6) is 0 Å². The maximum absolute atomic E-state index is 11.3. The molecule has 0 aromatic carbocycles. The smallest absolute Gasteiger partial charge is 0.305 e. The SMILES string of the molecule is CCOC(=O)CCCn1c(CCl)nc2cccnc21. The van der Waals surface area contributed by atoms with Gasteiger partial charge in [-0.1, -0.05) is 0 Å². The van der Waals surface area contributed by atoms with E-state index in [4.69, 9.17) is 16.3 Å². The van der Waals surface area contributed by atoms with Crippen LogP contribution in [0, 0.1) is 0 Å². The molecule has 2 rings (SSSR count). The third-order valence-electron chi connectivity index (χ3n) is 2.77. The highest BCUT2D eigenvalue weighted by molar-refractivity contribution is 6.16. The van der Waals surface area contributed by atoms with E-state index in [-0.39, 0.29) is 5.97 Å². The molecule has 0 amide bonds. The van der Waals surface area contributed by atoms with Crippen LogP contribution in [-0.2, 0) is 22.0 Å². The van der Waals surface area contributed by atoms with Gasteiger partial charge in [-0.25, -0.2) is 9.97 Å². The van der Waals surface area contributed by atoms with Gasteiger partial charge in [-0.15, -0.1) is 11.6 Å². The molecule has 0 saturated heterocycles. The van der Waals surface area contributed by atoms with Crippen molar-refractivity contribution in [3.05, 3.63) is 24.2 Å². The molecule has 0 saturated carbocycles. The van der Waals surface area contributed by atoms with Gasteiger partial charge in [0.2, 0.25) is 0 Å². The zero-order valence-corrected chi connectivity index (χ0v) is 11.6. The summed E-state index contributed by atoms with van der Waals surface area (Å²) in [5, 5.41) is 0. The number of alkyl halides is 1. The van der Waals surface area contributed by atoms with Crippen LogP contribution in [0.4, 0.5) is 0 Å². The molecule has 0 radical (unpaired) electrons. The minimum atomic E-state index is -0.174. The summed E-state index contributed by atoms with van der Waals surface area (Å²) in [6.45, 7) is 2.88. The Morgan fingerprint density at radius 1 is 1.53 bits per heavy atom. The minimum Gasteiger partial charge on any atom is -0.466 e. The molecule has 102 valence electrons. The van der Waals surface area contributed by atoms with E-state index in [1.165, 1.54) is 0 Å². The molecule has 0 aliphatic carbocycles. The predicted molar refractivity (Wildman–Crippen MR) is 73.0 cm³/mol. The number of fused-ring (bicyclic) bond motifs is 1. The van der Waals surface area contributed by atoms with Gasteiger partial charge in [0, 0.05) is 19.2 Å². The number of esters is 1. The minimum absolute atomic E-state index is 0.174. The van der Waals surface area contributed by atoms with Crippen molar-refractivity contribution >= 4 is 28.7 Å². The van der Waals surface area contributed by atoms with Crippen LogP contribution in [0.15, 0.2) is 18.3 Å². The Hall–Kier alpha value is -1.62. The summed E-state index contributed by atoms with van der Waals surface area (Å²) in [6.07, 6.45) is 2.80. The normalized spacial score (nSPS) is 10.8. The topological polar surface area (TPSA) is 57.0 Å². The van der Waals surface area contributed by atoms with Crippen molar-refractivity contribution in [3.8, 4) is 0 Å². The van der Waals surface area contributed by atoms with Gasteiger partial charge in [0.15, 0.2) is 5.65 Å². The van der Waals surface area contributed by atoms with Gasteiger partial charge in [-0.2, -0.15) is 0 Å². The third-order valence-corrected chi connectivity index (χ3v) is 3.01. The lowest BCUT2D eigenvalue weighted by Gasteiger charge is -2.06. The third kappa shape index (κ3) is 3.23. The van der Waals surface area contributed by atoms with Gasteiger partial charge < -0.3 is 9.30 Å². The molecule has 2 heterocycles. The summed E-state index contributed by atoms with van der Waals surface area (Å²) >= 11 is 5.89. The fourth-order valence-electron chi connectivity index (χ4n) is 1.96. The van der Waals surface area contributed by atoms with E-state index in [2.05, 4.69) is 9.97 Å². The summed E-state index contributed by atoms with van der Waals surface area (Å²) in [5.74, 6) is 0.932. The van der Waals surface area contributed by atoms with Gasteiger partial charge >= 0.3 is 5.97 Å². The summed E-state index contributed by atoms with van der Waals surface area (Å²) in [6, 6.07) is 3.75. The molecule has 0 unspecified atom stereocenters. The van der Waals surface area contributed by atoms with E-state index in [9.17, 15) is 4.79 Å². The number of halogens is 1. The number of imidazole rings is 1. The van der Waals surface area contributed by atoms with Crippen molar-refractivity contribution in [2.24, 2.45) is 0 Å². The maximum Gasteiger partial charge on any atom is 0.305 e. The Labute approximate surface area is 116 Å². The van der Waals surface area contributed by atoms with E-state index in [0.717, 1.165) is 17.0 Å². The number of aromatic nitrogens is 3. The lowest BCUT2D eigenvalue weighted by atomic mass is 10.3. The largest absolute Gasteiger partial charge is 0.466 e. The average Bonchev–Trinajstić information content (AvgIpc) is 2.77. The first-order valence-corrected chi connectivity index (χ1v) is 6.81.